The molecular formula is C24H27ClN4O2S. The molecule has 6 nitrogen and oxygen atoms in total. The smallest absolute Gasteiger partial charge is 0.252 e. The van der Waals surface area contributed by atoms with Crippen LogP contribution < -0.4 is 16.4 Å². The third-order valence-electron chi connectivity index (χ3n) is 4.25. The summed E-state index contributed by atoms with van der Waals surface area (Å²) in [5, 5.41) is 6.04. The van der Waals surface area contributed by atoms with Crippen LogP contribution in [0.1, 0.15) is 16.8 Å². The molecule has 0 bridgehead atoms. The lowest BCUT2D eigenvalue weighted by molar-refractivity contribution is -0.118. The van der Waals surface area contributed by atoms with Crippen molar-refractivity contribution in [2.24, 2.45) is 0 Å². The predicted octanol–water partition coefficient (Wildman–Crippen LogP) is 4.27. The Morgan fingerprint density at radius 3 is 2.38 bits per heavy atom. The van der Waals surface area contributed by atoms with Crippen LogP contribution in [0.4, 0.5) is 5.82 Å². The Hall–Kier alpha value is -3.03. The third kappa shape index (κ3) is 9.41. The van der Waals surface area contributed by atoms with Gasteiger partial charge in [-0.05, 0) is 47.6 Å². The highest BCUT2D eigenvalue weighted by Gasteiger charge is 2.04. The lowest BCUT2D eigenvalue weighted by Crippen LogP contribution is -2.23. The minimum Gasteiger partial charge on any atom is -0.384 e. The second-order valence-corrected chi connectivity index (χ2v) is 8.22. The van der Waals surface area contributed by atoms with Gasteiger partial charge in [-0.2, -0.15) is 11.8 Å². The molecule has 1 aliphatic rings. The van der Waals surface area contributed by atoms with Crippen LogP contribution in [-0.2, 0) is 4.79 Å². The monoisotopic (exact) mass is 470 g/mol. The number of carbonyl (C=O) groups excluding carboxylic acids is 2. The van der Waals surface area contributed by atoms with Crippen molar-refractivity contribution in [2.45, 2.75) is 6.42 Å². The fourth-order valence-electron chi connectivity index (χ4n) is 2.57. The largest absolute Gasteiger partial charge is 0.384 e. The zero-order chi connectivity index (χ0) is 23.2. The molecule has 3 aromatic rings. The molecule has 0 saturated carbocycles. The van der Waals surface area contributed by atoms with Gasteiger partial charge in [0.2, 0.25) is 5.91 Å². The number of thioether (sulfide) groups is 1. The van der Waals surface area contributed by atoms with E-state index in [9.17, 15) is 9.59 Å². The van der Waals surface area contributed by atoms with Gasteiger partial charge in [0.1, 0.15) is 5.82 Å². The van der Waals surface area contributed by atoms with Crippen molar-refractivity contribution in [3.63, 3.8) is 0 Å². The minimum atomic E-state index is -0.155. The predicted molar refractivity (Wildman–Crippen MR) is 134 cm³/mol. The van der Waals surface area contributed by atoms with Crippen LogP contribution in [0.2, 0.25) is 5.02 Å². The van der Waals surface area contributed by atoms with Gasteiger partial charge in [-0.3, -0.25) is 9.59 Å². The summed E-state index contributed by atoms with van der Waals surface area (Å²) in [6.45, 7) is 0.867. The zero-order valence-corrected chi connectivity index (χ0v) is 19.5. The molecular weight excluding hydrogens is 444 g/mol. The van der Waals surface area contributed by atoms with E-state index in [1.54, 1.807) is 30.9 Å². The molecule has 168 valence electrons. The first-order chi connectivity index (χ1) is 15.5. The van der Waals surface area contributed by atoms with Crippen molar-refractivity contribution in [1.29, 1.82) is 0 Å². The second-order valence-electron chi connectivity index (χ2n) is 6.68. The van der Waals surface area contributed by atoms with Gasteiger partial charge in [0.15, 0.2) is 0 Å². The number of halogens is 1. The van der Waals surface area contributed by atoms with Crippen molar-refractivity contribution in [3.05, 3.63) is 83.5 Å². The Kier molecular flexibility index (Phi) is 11.1. The van der Waals surface area contributed by atoms with Crippen molar-refractivity contribution in [3.8, 4) is 11.1 Å². The lowest BCUT2D eigenvalue weighted by Gasteiger charge is -2.00. The van der Waals surface area contributed by atoms with Crippen LogP contribution in [0.25, 0.3) is 11.1 Å². The van der Waals surface area contributed by atoms with E-state index < -0.39 is 0 Å². The van der Waals surface area contributed by atoms with Crippen molar-refractivity contribution < 1.29 is 9.59 Å². The number of nitrogens with two attached hydrogens (primary N) is 1. The number of hydrogen-bond acceptors (Lipinski definition) is 5. The maximum absolute atomic E-state index is 10.9. The fraction of sp³-hybridized carbons (Fsp3) is 0.208. The summed E-state index contributed by atoms with van der Waals surface area (Å²) in [7, 11) is 1.57. The number of hydrogen-bond donors (Lipinski definition) is 3. The number of nitrogen functional groups attached to an aromatic ring is 1. The number of aromatic nitrogens is 1. The van der Waals surface area contributed by atoms with E-state index in [-0.39, 0.29) is 11.8 Å². The fourth-order valence-corrected chi connectivity index (χ4v) is 3.48. The number of benzene rings is 2. The topological polar surface area (TPSA) is 97.1 Å². The molecule has 4 rings (SSSR count). The molecule has 1 aliphatic heterocycles. The third-order valence-corrected chi connectivity index (χ3v) is 5.54. The first kappa shape index (κ1) is 25.2. The quantitative estimate of drug-likeness (QED) is 0.519. The Morgan fingerprint density at radius 1 is 1.06 bits per heavy atom. The molecule has 0 unspecified atom stereocenters. The van der Waals surface area contributed by atoms with Gasteiger partial charge in [-0.15, -0.1) is 0 Å². The Labute approximate surface area is 198 Å². The standard InChI is InChI=1S/C12H9Cl.C7H9N3O.C5H9NOS/c13-12-8-6-11(7-9-12)10-4-2-1-3-5-10;1-9-7(11)5-2-3-6(8)10-4-5;7-5-4-8-3-1-2-6-5/h1-9H;2-4H,1H3,(H2,8,10)(H,9,11);1-4H2,(H,6,7). The Bertz CT molecular complexity index is 958. The molecule has 32 heavy (non-hydrogen) atoms. The molecule has 0 radical (unpaired) electrons. The normalized spacial score (nSPS) is 12.6. The molecule has 0 spiro atoms. The van der Waals surface area contributed by atoms with Crippen LogP contribution in [-0.4, -0.2) is 41.9 Å². The van der Waals surface area contributed by atoms with Gasteiger partial charge in [0, 0.05) is 24.8 Å². The molecule has 1 aromatic heterocycles. The number of amides is 2. The Morgan fingerprint density at radius 2 is 1.75 bits per heavy atom. The SMILES string of the molecule is CNC(=O)c1ccc(N)nc1.Clc1ccc(-c2ccccc2)cc1.O=C1CSCCCN1. The molecule has 2 aromatic carbocycles. The van der Waals surface area contributed by atoms with Crippen LogP contribution in [0.15, 0.2) is 72.9 Å². The van der Waals surface area contributed by atoms with Crippen LogP contribution in [0.3, 0.4) is 0 Å². The van der Waals surface area contributed by atoms with Crippen molar-refractivity contribution >= 4 is 41.0 Å². The number of carbonyl (C=O) groups is 2. The zero-order valence-electron chi connectivity index (χ0n) is 17.9. The highest BCUT2D eigenvalue weighted by Crippen LogP contribution is 2.20. The average Bonchev–Trinajstić information content (AvgIpc) is 3.08. The van der Waals surface area contributed by atoms with E-state index in [2.05, 4.69) is 27.8 Å². The summed E-state index contributed by atoms with van der Waals surface area (Å²) in [4.78, 5) is 25.2. The summed E-state index contributed by atoms with van der Waals surface area (Å²) < 4.78 is 0. The summed E-state index contributed by atoms with van der Waals surface area (Å²) in [6.07, 6.45) is 2.56. The first-order valence-corrected chi connectivity index (χ1v) is 11.6. The maximum Gasteiger partial charge on any atom is 0.252 e. The molecule has 1 fully saturated rings. The van der Waals surface area contributed by atoms with Gasteiger partial charge in [0.05, 0.1) is 11.3 Å². The van der Waals surface area contributed by atoms with Gasteiger partial charge < -0.3 is 16.4 Å². The van der Waals surface area contributed by atoms with Crippen molar-refractivity contribution in [1.82, 2.24) is 15.6 Å². The summed E-state index contributed by atoms with van der Waals surface area (Å²) in [5.74, 6) is 2.22. The molecule has 2 heterocycles. The van der Waals surface area contributed by atoms with E-state index in [1.807, 2.05) is 42.5 Å². The number of nitrogens with one attached hydrogen (secondary N) is 2. The van der Waals surface area contributed by atoms with E-state index >= 15 is 0 Å². The second kappa shape index (κ2) is 14.1. The highest BCUT2D eigenvalue weighted by atomic mass is 35.5. The minimum absolute atomic E-state index is 0.155. The molecule has 0 aliphatic carbocycles. The van der Waals surface area contributed by atoms with E-state index in [1.165, 1.54) is 17.3 Å². The van der Waals surface area contributed by atoms with Gasteiger partial charge >= 0.3 is 0 Å². The number of nitrogens with zero attached hydrogens (tertiary/aromatic N) is 1. The van der Waals surface area contributed by atoms with Gasteiger partial charge in [-0.25, -0.2) is 4.98 Å². The highest BCUT2D eigenvalue weighted by molar-refractivity contribution is 7.99. The average molecular weight is 471 g/mol. The van der Waals surface area contributed by atoms with Crippen molar-refractivity contribution in [2.75, 3.05) is 30.8 Å². The number of rotatable bonds is 2. The molecule has 1 saturated heterocycles. The molecule has 8 heteroatoms. The van der Waals surface area contributed by atoms with Crippen LogP contribution in [0.5, 0.6) is 0 Å². The van der Waals surface area contributed by atoms with E-state index in [0.29, 0.717) is 17.1 Å². The lowest BCUT2D eigenvalue weighted by atomic mass is 10.1. The van der Waals surface area contributed by atoms with Crippen LogP contribution >= 0.6 is 23.4 Å². The van der Waals surface area contributed by atoms with Gasteiger partial charge in [-0.1, -0.05) is 54.1 Å². The van der Waals surface area contributed by atoms with Crippen LogP contribution in [0, 0.1) is 0 Å². The molecule has 0 atom stereocenters. The van der Waals surface area contributed by atoms with Gasteiger partial charge in [0.25, 0.3) is 5.91 Å². The summed E-state index contributed by atoms with van der Waals surface area (Å²) in [5.41, 5.74) is 8.26. The molecule has 2 amide bonds. The first-order valence-electron chi connectivity index (χ1n) is 10.1. The number of pyridine rings is 1. The number of anilines is 1. The van der Waals surface area contributed by atoms with E-state index in [0.717, 1.165) is 23.7 Å². The Balaban J connectivity index is 0.000000175. The summed E-state index contributed by atoms with van der Waals surface area (Å²) >= 11 is 7.51. The van der Waals surface area contributed by atoms with E-state index in [4.69, 9.17) is 17.3 Å². The molecule has 4 N–H and O–H groups in total. The summed E-state index contributed by atoms with van der Waals surface area (Å²) in [6, 6.07) is 21.3. The maximum atomic E-state index is 10.9.